The summed E-state index contributed by atoms with van der Waals surface area (Å²) < 4.78 is 0. The highest BCUT2D eigenvalue weighted by molar-refractivity contribution is 5.78. The third kappa shape index (κ3) is 2.35. The van der Waals surface area contributed by atoms with Crippen molar-refractivity contribution in [3.8, 4) is 0 Å². The molecule has 3 heteroatoms. The Labute approximate surface area is 103 Å². The molecule has 0 aromatic carbocycles. The molecule has 0 N–H and O–H groups in total. The first-order valence-electron chi connectivity index (χ1n) is 7.29. The van der Waals surface area contributed by atoms with Gasteiger partial charge in [0.1, 0.15) is 0 Å². The van der Waals surface area contributed by atoms with E-state index < -0.39 is 0 Å². The van der Waals surface area contributed by atoms with Crippen LogP contribution in [-0.4, -0.2) is 24.1 Å². The van der Waals surface area contributed by atoms with Gasteiger partial charge in [0.05, 0.1) is 13.2 Å². The third-order valence-electron chi connectivity index (χ3n) is 4.89. The molecule has 3 rings (SSSR count). The lowest BCUT2D eigenvalue weighted by atomic mass is 9.67. The zero-order valence-electron chi connectivity index (χ0n) is 10.6. The van der Waals surface area contributed by atoms with Gasteiger partial charge in [0, 0.05) is 5.92 Å². The van der Waals surface area contributed by atoms with Gasteiger partial charge in [-0.3, -0.25) is 9.63 Å². The maximum Gasteiger partial charge on any atom is 0.249 e. The van der Waals surface area contributed by atoms with Crippen LogP contribution in [0, 0.1) is 17.8 Å². The van der Waals surface area contributed by atoms with Crippen LogP contribution >= 0.6 is 0 Å². The number of fused-ring (bicyclic) bond motifs is 1. The van der Waals surface area contributed by atoms with Crippen LogP contribution in [-0.2, 0) is 9.63 Å². The highest BCUT2D eigenvalue weighted by Crippen LogP contribution is 2.43. The summed E-state index contributed by atoms with van der Waals surface area (Å²) in [6, 6.07) is 0. The van der Waals surface area contributed by atoms with E-state index in [1.165, 1.54) is 32.1 Å². The lowest BCUT2D eigenvalue weighted by Gasteiger charge is -2.39. The second-order valence-electron chi connectivity index (χ2n) is 5.94. The Morgan fingerprint density at radius 2 is 1.82 bits per heavy atom. The molecular formula is C14H23NO2. The van der Waals surface area contributed by atoms with Gasteiger partial charge in [0.25, 0.3) is 0 Å². The fourth-order valence-electron chi connectivity index (χ4n) is 3.92. The first-order chi connectivity index (χ1) is 8.34. The average molecular weight is 237 g/mol. The molecule has 1 saturated heterocycles. The summed E-state index contributed by atoms with van der Waals surface area (Å²) >= 11 is 0. The summed E-state index contributed by atoms with van der Waals surface area (Å²) in [5.41, 5.74) is 0. The normalized spacial score (nSPS) is 37.9. The van der Waals surface area contributed by atoms with Gasteiger partial charge in [0.15, 0.2) is 0 Å². The second kappa shape index (κ2) is 4.97. The van der Waals surface area contributed by atoms with E-state index in [9.17, 15) is 4.79 Å². The molecule has 1 heterocycles. The molecule has 1 aliphatic heterocycles. The van der Waals surface area contributed by atoms with Gasteiger partial charge in [0.2, 0.25) is 5.91 Å². The lowest BCUT2D eigenvalue weighted by Crippen LogP contribution is -2.38. The molecule has 17 heavy (non-hydrogen) atoms. The summed E-state index contributed by atoms with van der Waals surface area (Å²) in [6.07, 6.45) is 10.1. The van der Waals surface area contributed by atoms with E-state index in [-0.39, 0.29) is 11.8 Å². The van der Waals surface area contributed by atoms with Crippen LogP contribution < -0.4 is 0 Å². The Balaban J connectivity index is 1.59. The molecule has 0 radical (unpaired) electrons. The number of carbonyl (C=O) groups is 1. The Hall–Kier alpha value is -0.570. The van der Waals surface area contributed by atoms with Crippen LogP contribution in [0.3, 0.4) is 0 Å². The molecule has 2 saturated carbocycles. The molecule has 3 nitrogen and oxygen atoms in total. The number of rotatable bonds is 1. The van der Waals surface area contributed by atoms with E-state index in [4.69, 9.17) is 4.84 Å². The van der Waals surface area contributed by atoms with Crippen LogP contribution in [0.15, 0.2) is 0 Å². The first kappa shape index (κ1) is 11.5. The summed E-state index contributed by atoms with van der Waals surface area (Å²) in [4.78, 5) is 17.7. The van der Waals surface area contributed by atoms with Crippen LogP contribution in [0.1, 0.15) is 51.4 Å². The van der Waals surface area contributed by atoms with Crippen molar-refractivity contribution in [2.24, 2.45) is 17.8 Å². The number of hydrogen-bond donors (Lipinski definition) is 0. The van der Waals surface area contributed by atoms with Crippen LogP contribution in [0.2, 0.25) is 0 Å². The van der Waals surface area contributed by atoms with E-state index in [0.29, 0.717) is 0 Å². The van der Waals surface area contributed by atoms with Crippen molar-refractivity contribution in [1.29, 1.82) is 0 Å². The minimum Gasteiger partial charge on any atom is -0.272 e. The zero-order chi connectivity index (χ0) is 11.7. The van der Waals surface area contributed by atoms with Gasteiger partial charge in [-0.1, -0.05) is 25.7 Å². The Morgan fingerprint density at radius 3 is 2.59 bits per heavy atom. The van der Waals surface area contributed by atoms with E-state index in [0.717, 1.165) is 44.2 Å². The molecule has 0 spiro atoms. The molecule has 0 bridgehead atoms. The molecule has 2 aliphatic carbocycles. The minimum atomic E-state index is 0.257. The predicted molar refractivity (Wildman–Crippen MR) is 65.1 cm³/mol. The number of hydroxylamine groups is 2. The van der Waals surface area contributed by atoms with E-state index in [1.54, 1.807) is 5.06 Å². The van der Waals surface area contributed by atoms with Crippen molar-refractivity contribution in [2.75, 3.05) is 13.2 Å². The molecule has 3 aliphatic rings. The van der Waals surface area contributed by atoms with Gasteiger partial charge < -0.3 is 0 Å². The Bertz CT molecular complexity index is 286. The van der Waals surface area contributed by atoms with Crippen molar-refractivity contribution >= 4 is 5.91 Å². The number of carbonyl (C=O) groups excluding carboxylic acids is 1. The quantitative estimate of drug-likeness (QED) is 0.702. The van der Waals surface area contributed by atoms with Crippen LogP contribution in [0.4, 0.5) is 0 Å². The Morgan fingerprint density at radius 1 is 1.00 bits per heavy atom. The lowest BCUT2D eigenvalue weighted by molar-refractivity contribution is -0.175. The monoisotopic (exact) mass is 237 g/mol. The molecule has 1 amide bonds. The highest BCUT2D eigenvalue weighted by Gasteiger charge is 2.37. The van der Waals surface area contributed by atoms with Crippen molar-refractivity contribution in [2.45, 2.75) is 51.4 Å². The summed E-state index contributed by atoms with van der Waals surface area (Å²) in [6.45, 7) is 1.54. The summed E-state index contributed by atoms with van der Waals surface area (Å²) in [5.74, 6) is 2.28. The number of nitrogens with zero attached hydrogens (tertiary/aromatic N) is 1. The van der Waals surface area contributed by atoms with Crippen LogP contribution in [0.5, 0.6) is 0 Å². The predicted octanol–water partition coefficient (Wildman–Crippen LogP) is 2.76. The van der Waals surface area contributed by atoms with Crippen molar-refractivity contribution in [3.63, 3.8) is 0 Å². The topological polar surface area (TPSA) is 29.5 Å². The van der Waals surface area contributed by atoms with Gasteiger partial charge in [-0.15, -0.1) is 0 Å². The summed E-state index contributed by atoms with van der Waals surface area (Å²) in [5, 5.41) is 1.63. The number of amides is 1. The zero-order valence-corrected chi connectivity index (χ0v) is 10.6. The van der Waals surface area contributed by atoms with Crippen LogP contribution in [0.25, 0.3) is 0 Å². The van der Waals surface area contributed by atoms with Gasteiger partial charge >= 0.3 is 0 Å². The maximum absolute atomic E-state index is 12.3. The average Bonchev–Trinajstić information content (AvgIpc) is 2.91. The molecule has 0 aromatic rings. The summed E-state index contributed by atoms with van der Waals surface area (Å²) in [7, 11) is 0. The van der Waals surface area contributed by atoms with Crippen molar-refractivity contribution in [3.05, 3.63) is 0 Å². The van der Waals surface area contributed by atoms with E-state index in [1.807, 2.05) is 0 Å². The van der Waals surface area contributed by atoms with Gasteiger partial charge in [-0.25, -0.2) is 5.06 Å². The fourth-order valence-corrected chi connectivity index (χ4v) is 3.92. The van der Waals surface area contributed by atoms with Gasteiger partial charge in [-0.2, -0.15) is 0 Å². The second-order valence-corrected chi connectivity index (χ2v) is 5.94. The SMILES string of the molecule is O=C(C1CCC2CCCCC2C1)N1CCCO1. The van der Waals surface area contributed by atoms with Crippen molar-refractivity contribution in [1.82, 2.24) is 5.06 Å². The van der Waals surface area contributed by atoms with E-state index in [2.05, 4.69) is 0 Å². The molecular weight excluding hydrogens is 214 g/mol. The maximum atomic E-state index is 12.3. The first-order valence-corrected chi connectivity index (χ1v) is 7.29. The van der Waals surface area contributed by atoms with Crippen molar-refractivity contribution < 1.29 is 9.63 Å². The number of hydrogen-bond acceptors (Lipinski definition) is 2. The smallest absolute Gasteiger partial charge is 0.249 e. The Kier molecular flexibility index (Phi) is 3.37. The molecule has 3 atom stereocenters. The van der Waals surface area contributed by atoms with E-state index >= 15 is 0 Å². The molecule has 3 unspecified atom stereocenters. The third-order valence-corrected chi connectivity index (χ3v) is 4.89. The molecule has 96 valence electrons. The van der Waals surface area contributed by atoms with Gasteiger partial charge in [-0.05, 0) is 37.5 Å². The molecule has 3 fully saturated rings. The minimum absolute atomic E-state index is 0.257. The fraction of sp³-hybridized carbons (Fsp3) is 0.929. The standard InChI is InChI=1S/C14H23NO2/c16-14(15-8-3-9-17-15)13-7-6-11-4-1-2-5-12(11)10-13/h11-13H,1-10H2. The molecule has 0 aromatic heterocycles. The highest BCUT2D eigenvalue weighted by atomic mass is 16.7. The largest absolute Gasteiger partial charge is 0.272 e.